The van der Waals surface area contributed by atoms with Gasteiger partial charge in [0.2, 0.25) is 0 Å². The van der Waals surface area contributed by atoms with Crippen LogP contribution in [-0.2, 0) is 11.2 Å². The standard InChI is InChI=1S/C28H20F4O/c1-33-14-2-3-18-4-8-20(9-5-18)22-12-11-21(25(29)16-22)10-6-19-7-13-24-23(15-19)17-26(30)28(32)27(24)31/h4-5,7-9,11-13,15-17H,2-3,14H2,1H3. The summed E-state index contributed by atoms with van der Waals surface area (Å²) in [5.41, 5.74) is 3.46. The molecule has 166 valence electrons. The molecule has 0 spiro atoms. The normalized spacial score (nSPS) is 10.8. The second kappa shape index (κ2) is 9.89. The predicted octanol–water partition coefficient (Wildman–Crippen LogP) is 7.04. The van der Waals surface area contributed by atoms with Crippen molar-refractivity contribution in [1.29, 1.82) is 0 Å². The zero-order chi connectivity index (χ0) is 23.4. The maximum atomic E-state index is 14.7. The van der Waals surface area contributed by atoms with Crippen molar-refractivity contribution in [3.63, 3.8) is 0 Å². The highest BCUT2D eigenvalue weighted by atomic mass is 19.2. The fraction of sp³-hybridized carbons (Fsp3) is 0.143. The van der Waals surface area contributed by atoms with Crippen molar-refractivity contribution in [3.8, 4) is 23.0 Å². The molecule has 4 aromatic rings. The van der Waals surface area contributed by atoms with Gasteiger partial charge in [0, 0.05) is 24.7 Å². The molecule has 0 aromatic heterocycles. The van der Waals surface area contributed by atoms with Gasteiger partial charge in [-0.1, -0.05) is 48.2 Å². The quantitative estimate of drug-likeness (QED) is 0.138. The number of halogens is 4. The van der Waals surface area contributed by atoms with E-state index < -0.39 is 23.3 Å². The van der Waals surface area contributed by atoms with Gasteiger partial charge in [0.05, 0.1) is 5.56 Å². The maximum Gasteiger partial charge on any atom is 0.195 e. The fourth-order valence-corrected chi connectivity index (χ4v) is 3.60. The molecule has 0 unspecified atom stereocenters. The van der Waals surface area contributed by atoms with Crippen molar-refractivity contribution in [2.75, 3.05) is 13.7 Å². The minimum atomic E-state index is -1.51. The van der Waals surface area contributed by atoms with Gasteiger partial charge in [-0.2, -0.15) is 0 Å². The number of hydrogen-bond acceptors (Lipinski definition) is 1. The first-order valence-electron chi connectivity index (χ1n) is 10.4. The van der Waals surface area contributed by atoms with E-state index in [1.807, 2.05) is 24.3 Å². The first-order valence-corrected chi connectivity index (χ1v) is 10.4. The Morgan fingerprint density at radius 2 is 1.48 bits per heavy atom. The first-order chi connectivity index (χ1) is 16.0. The highest BCUT2D eigenvalue weighted by Crippen LogP contribution is 2.25. The molecule has 0 N–H and O–H groups in total. The molecule has 1 nitrogen and oxygen atoms in total. The molecular weight excluding hydrogens is 428 g/mol. The fourth-order valence-electron chi connectivity index (χ4n) is 3.60. The van der Waals surface area contributed by atoms with Crippen molar-refractivity contribution in [2.45, 2.75) is 12.8 Å². The topological polar surface area (TPSA) is 9.23 Å². The van der Waals surface area contributed by atoms with Crippen LogP contribution in [-0.4, -0.2) is 13.7 Å². The van der Waals surface area contributed by atoms with Crippen molar-refractivity contribution >= 4 is 10.8 Å². The summed E-state index contributed by atoms with van der Waals surface area (Å²) < 4.78 is 60.5. The van der Waals surface area contributed by atoms with Crippen LogP contribution in [0.3, 0.4) is 0 Å². The predicted molar refractivity (Wildman–Crippen MR) is 122 cm³/mol. The van der Waals surface area contributed by atoms with Gasteiger partial charge >= 0.3 is 0 Å². The van der Waals surface area contributed by atoms with Gasteiger partial charge in [-0.15, -0.1) is 0 Å². The van der Waals surface area contributed by atoms with E-state index in [1.54, 1.807) is 19.2 Å². The van der Waals surface area contributed by atoms with Crippen molar-refractivity contribution in [1.82, 2.24) is 0 Å². The Bertz CT molecular complexity index is 1370. The Hall–Kier alpha value is -3.62. The lowest BCUT2D eigenvalue weighted by molar-refractivity contribution is 0.195. The molecule has 0 aliphatic rings. The highest BCUT2D eigenvalue weighted by Gasteiger charge is 2.13. The molecule has 0 aliphatic heterocycles. The molecule has 4 rings (SSSR count). The van der Waals surface area contributed by atoms with E-state index in [9.17, 15) is 17.6 Å². The summed E-state index contributed by atoms with van der Waals surface area (Å²) in [4.78, 5) is 0. The molecular formula is C28H20F4O. The number of rotatable bonds is 5. The molecule has 0 saturated heterocycles. The van der Waals surface area contributed by atoms with E-state index in [1.165, 1.54) is 29.8 Å². The Morgan fingerprint density at radius 3 is 2.21 bits per heavy atom. The van der Waals surface area contributed by atoms with Crippen LogP contribution in [0.2, 0.25) is 0 Å². The Morgan fingerprint density at radius 1 is 0.727 bits per heavy atom. The summed E-state index contributed by atoms with van der Waals surface area (Å²) in [6.07, 6.45) is 1.86. The van der Waals surface area contributed by atoms with Gasteiger partial charge in [-0.25, -0.2) is 17.6 Å². The lowest BCUT2D eigenvalue weighted by Gasteiger charge is -2.06. The SMILES string of the molecule is COCCCc1ccc(-c2ccc(C#Cc3ccc4c(F)c(F)c(F)cc4c3)c(F)c2)cc1. The van der Waals surface area contributed by atoms with Gasteiger partial charge in [-0.05, 0) is 65.3 Å². The van der Waals surface area contributed by atoms with E-state index in [-0.39, 0.29) is 16.3 Å². The van der Waals surface area contributed by atoms with E-state index >= 15 is 0 Å². The van der Waals surface area contributed by atoms with E-state index in [2.05, 4.69) is 11.8 Å². The zero-order valence-electron chi connectivity index (χ0n) is 17.9. The number of hydrogen-bond donors (Lipinski definition) is 0. The van der Waals surface area contributed by atoms with Crippen molar-refractivity contribution < 1.29 is 22.3 Å². The minimum absolute atomic E-state index is 0.0419. The molecule has 0 saturated carbocycles. The first kappa shape index (κ1) is 22.6. The second-order valence-electron chi connectivity index (χ2n) is 7.66. The number of ether oxygens (including phenoxy) is 1. The smallest absolute Gasteiger partial charge is 0.195 e. The maximum absolute atomic E-state index is 14.7. The van der Waals surface area contributed by atoms with Crippen LogP contribution in [0.15, 0.2) is 66.7 Å². The van der Waals surface area contributed by atoms with Gasteiger partial charge in [-0.3, -0.25) is 0 Å². The average Bonchev–Trinajstić information content (AvgIpc) is 2.82. The van der Waals surface area contributed by atoms with Crippen molar-refractivity contribution in [2.24, 2.45) is 0 Å². The molecule has 0 aliphatic carbocycles. The summed E-state index contributed by atoms with van der Waals surface area (Å²) >= 11 is 0. The number of fused-ring (bicyclic) bond motifs is 1. The summed E-state index contributed by atoms with van der Waals surface area (Å²) in [5.74, 6) is 1.06. The number of methoxy groups -OCH3 is 1. The molecule has 0 amide bonds. The lowest BCUT2D eigenvalue weighted by Crippen LogP contribution is -1.93. The summed E-state index contributed by atoms with van der Waals surface area (Å²) in [5, 5.41) is 0.138. The van der Waals surface area contributed by atoms with Crippen LogP contribution >= 0.6 is 0 Å². The monoisotopic (exact) mass is 448 g/mol. The number of benzene rings is 4. The van der Waals surface area contributed by atoms with Crippen molar-refractivity contribution in [3.05, 3.63) is 107 Å². The van der Waals surface area contributed by atoms with Crippen LogP contribution in [0.1, 0.15) is 23.1 Å². The number of aryl methyl sites for hydroxylation is 1. The lowest BCUT2D eigenvalue weighted by atomic mass is 10.0. The van der Waals surface area contributed by atoms with Crippen LogP contribution < -0.4 is 0 Å². The van der Waals surface area contributed by atoms with Crippen LogP contribution in [0.4, 0.5) is 17.6 Å². The molecule has 5 heteroatoms. The Kier molecular flexibility index (Phi) is 6.76. The molecule has 33 heavy (non-hydrogen) atoms. The van der Waals surface area contributed by atoms with Gasteiger partial charge < -0.3 is 4.74 Å². The third-order valence-electron chi connectivity index (χ3n) is 5.38. The largest absolute Gasteiger partial charge is 0.385 e. The molecule has 0 atom stereocenters. The van der Waals surface area contributed by atoms with Gasteiger partial charge in [0.1, 0.15) is 5.82 Å². The van der Waals surface area contributed by atoms with Gasteiger partial charge in [0.25, 0.3) is 0 Å². The third kappa shape index (κ3) is 5.08. The van der Waals surface area contributed by atoms with Crippen LogP contribution in [0.25, 0.3) is 21.9 Å². The summed E-state index contributed by atoms with van der Waals surface area (Å²) in [6, 6.07) is 17.9. The molecule has 0 bridgehead atoms. The average molecular weight is 448 g/mol. The van der Waals surface area contributed by atoms with E-state index in [4.69, 9.17) is 4.74 Å². The highest BCUT2D eigenvalue weighted by molar-refractivity contribution is 5.84. The van der Waals surface area contributed by atoms with Crippen LogP contribution in [0.5, 0.6) is 0 Å². The minimum Gasteiger partial charge on any atom is -0.385 e. The van der Waals surface area contributed by atoms with Crippen LogP contribution in [0, 0.1) is 35.1 Å². The Labute approximate surface area is 189 Å². The zero-order valence-corrected chi connectivity index (χ0v) is 17.9. The van der Waals surface area contributed by atoms with E-state index in [0.717, 1.165) is 30.0 Å². The molecule has 4 aromatic carbocycles. The van der Waals surface area contributed by atoms with E-state index in [0.29, 0.717) is 12.2 Å². The summed E-state index contributed by atoms with van der Waals surface area (Å²) in [7, 11) is 1.68. The third-order valence-corrected chi connectivity index (χ3v) is 5.38. The molecule has 0 radical (unpaired) electrons. The summed E-state index contributed by atoms with van der Waals surface area (Å²) in [6.45, 7) is 0.709. The van der Waals surface area contributed by atoms with Gasteiger partial charge in [0.15, 0.2) is 17.5 Å². The molecule has 0 heterocycles. The Balaban J connectivity index is 1.54. The molecule has 0 fully saturated rings. The second-order valence-corrected chi connectivity index (χ2v) is 7.66.